The molecule has 5 nitrogen and oxygen atoms in total. The van der Waals surface area contributed by atoms with Crippen LogP contribution >= 0.6 is 34.8 Å². The van der Waals surface area contributed by atoms with Gasteiger partial charge in [0.2, 0.25) is 0 Å². The number of nitrogens with zero attached hydrogens (tertiary/aromatic N) is 3. The van der Waals surface area contributed by atoms with Crippen molar-refractivity contribution in [3.8, 4) is 17.1 Å². The fourth-order valence-electron chi connectivity index (χ4n) is 3.56. The second-order valence-electron chi connectivity index (χ2n) is 7.12. The maximum absolute atomic E-state index is 13.1. The lowest BCUT2D eigenvalue weighted by molar-refractivity contribution is 0.0370. The number of imidazole rings is 1. The number of rotatable bonds is 5. The molecule has 2 heterocycles. The van der Waals surface area contributed by atoms with Crippen LogP contribution in [-0.2, 0) is 4.74 Å². The Hall–Kier alpha value is -1.89. The SMILES string of the molecule is Cc1c(C(=O)CN2CCOCC2)nc(-c2ccc(Cl)cc2Cl)n1-c1ccc(Cl)cc1. The molecule has 1 fully saturated rings. The Bertz CT molecular complexity index is 1070. The zero-order chi connectivity index (χ0) is 21.3. The number of morpholine rings is 1. The van der Waals surface area contributed by atoms with Gasteiger partial charge < -0.3 is 4.74 Å². The molecule has 1 saturated heterocycles. The smallest absolute Gasteiger partial charge is 0.196 e. The third-order valence-corrected chi connectivity index (χ3v) is 5.90. The van der Waals surface area contributed by atoms with E-state index in [9.17, 15) is 4.79 Å². The van der Waals surface area contributed by atoms with Crippen molar-refractivity contribution in [3.05, 3.63) is 68.9 Å². The highest BCUT2D eigenvalue weighted by Gasteiger charge is 2.25. The number of Topliss-reactive ketones (excluding diaryl/α,β-unsaturated/α-hetero) is 1. The van der Waals surface area contributed by atoms with Gasteiger partial charge in [-0.25, -0.2) is 4.98 Å². The van der Waals surface area contributed by atoms with Crippen molar-refractivity contribution in [1.82, 2.24) is 14.5 Å². The third kappa shape index (κ3) is 4.41. The van der Waals surface area contributed by atoms with Gasteiger partial charge in [0.1, 0.15) is 11.5 Å². The van der Waals surface area contributed by atoms with Crippen molar-refractivity contribution < 1.29 is 9.53 Å². The number of carbonyl (C=O) groups excluding carboxylic acids is 1. The molecule has 0 radical (unpaired) electrons. The summed E-state index contributed by atoms with van der Waals surface area (Å²) in [6.07, 6.45) is 0. The van der Waals surface area contributed by atoms with Gasteiger partial charge in [0.25, 0.3) is 0 Å². The molecule has 0 N–H and O–H groups in total. The van der Waals surface area contributed by atoms with E-state index in [4.69, 9.17) is 44.5 Å². The summed E-state index contributed by atoms with van der Waals surface area (Å²) in [5.74, 6) is 0.551. The molecule has 1 aliphatic heterocycles. The van der Waals surface area contributed by atoms with Crippen LogP contribution in [0.5, 0.6) is 0 Å². The summed E-state index contributed by atoms with van der Waals surface area (Å²) in [7, 11) is 0. The number of carbonyl (C=O) groups is 1. The van der Waals surface area contributed by atoms with E-state index in [0.717, 1.165) is 24.5 Å². The number of hydrogen-bond donors (Lipinski definition) is 0. The standard InChI is InChI=1S/C22H20Cl3N3O2/c1-14-21(20(29)13-27-8-10-30-11-9-27)26-22(18-7-4-16(24)12-19(18)25)28(14)17-5-2-15(23)3-6-17/h2-7,12H,8-11,13H2,1H3. The Morgan fingerprint density at radius 3 is 2.37 bits per heavy atom. The molecule has 8 heteroatoms. The van der Waals surface area contributed by atoms with Crippen LogP contribution < -0.4 is 0 Å². The molecule has 0 spiro atoms. The fourth-order valence-corrected chi connectivity index (χ4v) is 4.18. The summed E-state index contributed by atoms with van der Waals surface area (Å²) < 4.78 is 7.30. The van der Waals surface area contributed by atoms with E-state index in [2.05, 4.69) is 4.90 Å². The van der Waals surface area contributed by atoms with Crippen molar-refractivity contribution in [2.75, 3.05) is 32.8 Å². The summed E-state index contributed by atoms with van der Waals surface area (Å²) in [5.41, 5.74) is 2.72. The van der Waals surface area contributed by atoms with Crippen molar-refractivity contribution in [3.63, 3.8) is 0 Å². The normalized spacial score (nSPS) is 14.8. The second kappa shape index (κ2) is 9.08. The van der Waals surface area contributed by atoms with Crippen LogP contribution in [0.25, 0.3) is 17.1 Å². The van der Waals surface area contributed by atoms with Crippen molar-refractivity contribution in [1.29, 1.82) is 0 Å². The lowest BCUT2D eigenvalue weighted by Crippen LogP contribution is -2.39. The van der Waals surface area contributed by atoms with E-state index in [1.54, 1.807) is 24.3 Å². The summed E-state index contributed by atoms with van der Waals surface area (Å²) in [6.45, 7) is 4.93. The molecule has 156 valence electrons. The second-order valence-corrected chi connectivity index (χ2v) is 8.40. The predicted octanol–water partition coefficient (Wildman–Crippen LogP) is 5.32. The largest absolute Gasteiger partial charge is 0.379 e. The van der Waals surface area contributed by atoms with Gasteiger partial charge in [-0.05, 0) is 49.4 Å². The van der Waals surface area contributed by atoms with Gasteiger partial charge in [0, 0.05) is 34.4 Å². The molecule has 0 unspecified atom stereocenters. The first-order chi connectivity index (χ1) is 14.4. The predicted molar refractivity (Wildman–Crippen MR) is 120 cm³/mol. The van der Waals surface area contributed by atoms with Gasteiger partial charge in [-0.2, -0.15) is 0 Å². The third-order valence-electron chi connectivity index (χ3n) is 5.10. The van der Waals surface area contributed by atoms with E-state index in [-0.39, 0.29) is 5.78 Å². The van der Waals surface area contributed by atoms with Crippen molar-refractivity contribution in [2.24, 2.45) is 0 Å². The van der Waals surface area contributed by atoms with Crippen LogP contribution in [-0.4, -0.2) is 53.1 Å². The van der Waals surface area contributed by atoms with Crippen LogP contribution in [0.15, 0.2) is 42.5 Å². The number of benzene rings is 2. The molecular formula is C22H20Cl3N3O2. The van der Waals surface area contributed by atoms with Gasteiger partial charge >= 0.3 is 0 Å². The molecule has 0 bridgehead atoms. The van der Waals surface area contributed by atoms with Crippen molar-refractivity contribution >= 4 is 40.6 Å². The number of hydrogen-bond acceptors (Lipinski definition) is 4. The van der Waals surface area contributed by atoms with Crippen LogP contribution in [0.4, 0.5) is 0 Å². The Labute approximate surface area is 190 Å². The van der Waals surface area contributed by atoms with Crippen LogP contribution in [0, 0.1) is 6.92 Å². The summed E-state index contributed by atoms with van der Waals surface area (Å²) in [5, 5.41) is 1.63. The Kier molecular flexibility index (Phi) is 6.46. The maximum Gasteiger partial charge on any atom is 0.196 e. The molecule has 4 rings (SSSR count). The first kappa shape index (κ1) is 21.3. The van der Waals surface area contributed by atoms with E-state index in [0.29, 0.717) is 51.9 Å². The topological polar surface area (TPSA) is 47.4 Å². The Balaban J connectivity index is 1.80. The summed E-state index contributed by atoms with van der Waals surface area (Å²) in [6, 6.07) is 12.6. The molecule has 2 aromatic carbocycles. The van der Waals surface area contributed by atoms with Gasteiger partial charge in [-0.15, -0.1) is 0 Å². The van der Waals surface area contributed by atoms with Gasteiger partial charge in [-0.1, -0.05) is 34.8 Å². The molecule has 1 aromatic heterocycles. The van der Waals surface area contributed by atoms with E-state index in [1.165, 1.54) is 0 Å². The van der Waals surface area contributed by atoms with Crippen LogP contribution in [0.2, 0.25) is 15.1 Å². The lowest BCUT2D eigenvalue weighted by atomic mass is 10.2. The molecule has 0 saturated carbocycles. The molecule has 0 atom stereocenters. The lowest BCUT2D eigenvalue weighted by Gasteiger charge is -2.25. The summed E-state index contributed by atoms with van der Waals surface area (Å²) >= 11 is 18.6. The highest BCUT2D eigenvalue weighted by Crippen LogP contribution is 2.33. The number of ether oxygens (including phenoxy) is 1. The highest BCUT2D eigenvalue weighted by molar-refractivity contribution is 6.36. The number of halogens is 3. The molecule has 30 heavy (non-hydrogen) atoms. The van der Waals surface area contributed by atoms with Crippen LogP contribution in [0.1, 0.15) is 16.2 Å². The minimum absolute atomic E-state index is 0.0338. The highest BCUT2D eigenvalue weighted by atomic mass is 35.5. The average Bonchev–Trinajstić information content (AvgIpc) is 3.06. The van der Waals surface area contributed by atoms with Gasteiger partial charge in [0.05, 0.1) is 30.5 Å². The number of ketones is 1. The quantitative estimate of drug-likeness (QED) is 0.479. The zero-order valence-electron chi connectivity index (χ0n) is 16.4. The van der Waals surface area contributed by atoms with E-state index >= 15 is 0 Å². The van der Waals surface area contributed by atoms with E-state index < -0.39 is 0 Å². The minimum atomic E-state index is -0.0338. The molecule has 0 aliphatic carbocycles. The molecular weight excluding hydrogens is 445 g/mol. The summed E-state index contributed by atoms with van der Waals surface area (Å²) in [4.78, 5) is 19.9. The molecule has 3 aromatic rings. The Morgan fingerprint density at radius 1 is 1.03 bits per heavy atom. The molecule has 0 amide bonds. The Morgan fingerprint density at radius 2 is 1.70 bits per heavy atom. The first-order valence-electron chi connectivity index (χ1n) is 9.58. The molecule has 1 aliphatic rings. The van der Waals surface area contributed by atoms with Crippen LogP contribution in [0.3, 0.4) is 0 Å². The monoisotopic (exact) mass is 463 g/mol. The average molecular weight is 465 g/mol. The first-order valence-corrected chi connectivity index (χ1v) is 10.7. The van der Waals surface area contributed by atoms with Crippen molar-refractivity contribution in [2.45, 2.75) is 6.92 Å². The van der Waals surface area contributed by atoms with Gasteiger partial charge in [0.15, 0.2) is 5.78 Å². The maximum atomic E-state index is 13.1. The number of aromatic nitrogens is 2. The zero-order valence-corrected chi connectivity index (χ0v) is 18.6. The minimum Gasteiger partial charge on any atom is -0.379 e. The fraction of sp³-hybridized carbons (Fsp3) is 0.273. The van der Waals surface area contributed by atoms with E-state index in [1.807, 2.05) is 29.7 Å². The van der Waals surface area contributed by atoms with Gasteiger partial charge in [-0.3, -0.25) is 14.3 Å².